The summed E-state index contributed by atoms with van der Waals surface area (Å²) in [7, 11) is -3.56. The lowest BCUT2D eigenvalue weighted by Crippen LogP contribution is -2.40. The third kappa shape index (κ3) is 6.23. The summed E-state index contributed by atoms with van der Waals surface area (Å²) in [6.45, 7) is 1.45. The lowest BCUT2D eigenvalue weighted by molar-refractivity contribution is -0.143. The van der Waals surface area contributed by atoms with Crippen LogP contribution in [0.5, 0.6) is 0 Å². The monoisotopic (exact) mass is 450 g/mol. The van der Waals surface area contributed by atoms with E-state index in [-0.39, 0.29) is 17.4 Å². The van der Waals surface area contributed by atoms with Crippen LogP contribution in [0.2, 0.25) is 0 Å². The molecule has 0 unspecified atom stereocenters. The Balaban J connectivity index is 1.47. The number of rotatable bonds is 8. The lowest BCUT2D eigenvalue weighted by Gasteiger charge is -2.26. The largest absolute Gasteiger partial charge is 0.452 e. The summed E-state index contributed by atoms with van der Waals surface area (Å²) in [5, 5.41) is 4.58. The second-order valence-electron chi connectivity index (χ2n) is 6.38. The van der Waals surface area contributed by atoms with Crippen LogP contribution in [-0.4, -0.2) is 57.5 Å². The van der Waals surface area contributed by atoms with Gasteiger partial charge in [0, 0.05) is 24.0 Å². The smallest absolute Gasteiger partial charge is 0.331 e. The standard InChI is InChI=1S/C20H22N2O6S2/c23-19(21-14-17-2-1-13-29-17)15-28-20(24)8-5-16-3-6-18(7-4-16)30(25,26)22-9-11-27-12-10-22/h1-8,13H,9-12,14-15H2,(H,21,23)/b8-5+. The van der Waals surface area contributed by atoms with Crippen molar-refractivity contribution >= 4 is 39.3 Å². The molecule has 1 fully saturated rings. The number of nitrogens with zero attached hydrogens (tertiary/aromatic N) is 1. The van der Waals surface area contributed by atoms with Gasteiger partial charge in [0.05, 0.1) is 24.7 Å². The van der Waals surface area contributed by atoms with Gasteiger partial charge in [0.2, 0.25) is 10.0 Å². The Morgan fingerprint density at radius 3 is 2.57 bits per heavy atom. The molecule has 0 aliphatic carbocycles. The van der Waals surface area contributed by atoms with Gasteiger partial charge in [0.1, 0.15) is 0 Å². The average molecular weight is 451 g/mol. The van der Waals surface area contributed by atoms with Crippen molar-refractivity contribution < 1.29 is 27.5 Å². The number of esters is 1. The van der Waals surface area contributed by atoms with E-state index in [0.29, 0.717) is 38.4 Å². The van der Waals surface area contributed by atoms with Crippen LogP contribution in [0.1, 0.15) is 10.4 Å². The number of hydrogen-bond acceptors (Lipinski definition) is 7. The van der Waals surface area contributed by atoms with Gasteiger partial charge in [-0.2, -0.15) is 4.31 Å². The zero-order valence-electron chi connectivity index (χ0n) is 16.2. The van der Waals surface area contributed by atoms with E-state index in [0.717, 1.165) is 4.88 Å². The number of carbonyl (C=O) groups is 2. The number of thiophene rings is 1. The molecule has 1 aliphatic heterocycles. The highest BCUT2D eigenvalue weighted by Crippen LogP contribution is 2.18. The SMILES string of the molecule is O=C(COC(=O)/C=C/c1ccc(S(=O)(=O)N2CCOCC2)cc1)NCc1cccs1. The van der Waals surface area contributed by atoms with Crippen LogP contribution < -0.4 is 5.32 Å². The number of morpholine rings is 1. The molecule has 1 aromatic carbocycles. The minimum absolute atomic E-state index is 0.187. The van der Waals surface area contributed by atoms with E-state index in [1.54, 1.807) is 12.1 Å². The van der Waals surface area contributed by atoms with E-state index in [1.165, 1.54) is 39.9 Å². The van der Waals surface area contributed by atoms with E-state index in [9.17, 15) is 18.0 Å². The second-order valence-corrected chi connectivity index (χ2v) is 9.35. The summed E-state index contributed by atoms with van der Waals surface area (Å²) in [4.78, 5) is 24.7. The van der Waals surface area contributed by atoms with Gasteiger partial charge >= 0.3 is 5.97 Å². The van der Waals surface area contributed by atoms with Crippen LogP contribution in [-0.2, 0) is 35.6 Å². The van der Waals surface area contributed by atoms with Crippen molar-refractivity contribution in [2.45, 2.75) is 11.4 Å². The zero-order chi connectivity index (χ0) is 21.4. The molecule has 3 rings (SSSR count). The fourth-order valence-electron chi connectivity index (χ4n) is 2.69. The summed E-state index contributed by atoms with van der Waals surface area (Å²) in [6, 6.07) is 9.98. The first kappa shape index (κ1) is 22.2. The van der Waals surface area contributed by atoms with E-state index in [1.807, 2.05) is 17.5 Å². The molecule has 0 bridgehead atoms. The number of nitrogens with one attached hydrogen (secondary N) is 1. The normalized spacial score (nSPS) is 15.2. The van der Waals surface area contributed by atoms with Crippen molar-refractivity contribution in [2.24, 2.45) is 0 Å². The number of carbonyl (C=O) groups excluding carboxylic acids is 2. The Morgan fingerprint density at radius 2 is 1.90 bits per heavy atom. The average Bonchev–Trinajstić information content (AvgIpc) is 3.29. The second kappa shape index (κ2) is 10.5. The maximum Gasteiger partial charge on any atom is 0.331 e. The quantitative estimate of drug-likeness (QED) is 0.485. The highest BCUT2D eigenvalue weighted by molar-refractivity contribution is 7.89. The van der Waals surface area contributed by atoms with E-state index >= 15 is 0 Å². The summed E-state index contributed by atoms with van der Waals surface area (Å²) in [5.74, 6) is -1.05. The molecule has 0 spiro atoms. The highest BCUT2D eigenvalue weighted by atomic mass is 32.2. The Hall–Kier alpha value is -2.53. The predicted octanol–water partition coefficient (Wildman–Crippen LogP) is 1.64. The fourth-order valence-corrected chi connectivity index (χ4v) is 4.74. The summed E-state index contributed by atoms with van der Waals surface area (Å²) in [5.41, 5.74) is 0.634. The molecule has 30 heavy (non-hydrogen) atoms. The fraction of sp³-hybridized carbons (Fsp3) is 0.300. The summed E-state index contributed by atoms with van der Waals surface area (Å²) >= 11 is 1.53. The summed E-state index contributed by atoms with van der Waals surface area (Å²) in [6.07, 6.45) is 2.69. The van der Waals surface area contributed by atoms with Gasteiger partial charge in [-0.15, -0.1) is 11.3 Å². The first-order chi connectivity index (χ1) is 14.4. The maximum atomic E-state index is 12.6. The van der Waals surface area contributed by atoms with Gasteiger partial charge in [-0.25, -0.2) is 13.2 Å². The van der Waals surface area contributed by atoms with E-state index < -0.39 is 16.0 Å². The number of hydrogen-bond donors (Lipinski definition) is 1. The van der Waals surface area contributed by atoms with Crippen molar-refractivity contribution in [3.05, 3.63) is 58.3 Å². The van der Waals surface area contributed by atoms with Crippen molar-refractivity contribution in [1.29, 1.82) is 0 Å². The first-order valence-corrected chi connectivity index (χ1v) is 11.6. The Kier molecular flexibility index (Phi) is 7.75. The van der Waals surface area contributed by atoms with Crippen molar-refractivity contribution in [3.8, 4) is 0 Å². The van der Waals surface area contributed by atoms with Crippen molar-refractivity contribution in [2.75, 3.05) is 32.9 Å². The van der Waals surface area contributed by atoms with E-state index in [4.69, 9.17) is 9.47 Å². The molecular weight excluding hydrogens is 428 g/mol. The van der Waals surface area contributed by atoms with Gasteiger partial charge in [-0.3, -0.25) is 4.79 Å². The zero-order valence-corrected chi connectivity index (χ0v) is 17.8. The number of ether oxygens (including phenoxy) is 2. The number of amides is 1. The van der Waals surface area contributed by atoms with Gasteiger partial charge in [-0.1, -0.05) is 18.2 Å². The molecule has 0 saturated carbocycles. The van der Waals surface area contributed by atoms with Crippen LogP contribution in [0.4, 0.5) is 0 Å². The minimum Gasteiger partial charge on any atom is -0.452 e. The third-order valence-electron chi connectivity index (χ3n) is 4.29. The molecule has 1 aliphatic rings. The molecule has 0 radical (unpaired) electrons. The van der Waals surface area contributed by atoms with Crippen LogP contribution in [0.15, 0.2) is 52.7 Å². The highest BCUT2D eigenvalue weighted by Gasteiger charge is 2.25. The predicted molar refractivity (Wildman–Crippen MR) is 112 cm³/mol. The molecule has 160 valence electrons. The van der Waals surface area contributed by atoms with Crippen molar-refractivity contribution in [3.63, 3.8) is 0 Å². The molecule has 1 saturated heterocycles. The van der Waals surface area contributed by atoms with Gasteiger partial charge in [0.15, 0.2) is 6.61 Å². The van der Waals surface area contributed by atoms with Crippen molar-refractivity contribution in [1.82, 2.24) is 9.62 Å². The number of benzene rings is 1. The van der Waals surface area contributed by atoms with Gasteiger partial charge in [-0.05, 0) is 35.2 Å². The molecule has 10 heteroatoms. The van der Waals surface area contributed by atoms with Crippen LogP contribution in [0.3, 0.4) is 0 Å². The molecule has 2 heterocycles. The van der Waals surface area contributed by atoms with Crippen LogP contribution in [0, 0.1) is 0 Å². The molecular formula is C20H22N2O6S2. The van der Waals surface area contributed by atoms with Gasteiger partial charge in [0.25, 0.3) is 5.91 Å². The Labute approximate surface area is 179 Å². The Morgan fingerprint density at radius 1 is 1.17 bits per heavy atom. The van der Waals surface area contributed by atoms with Crippen LogP contribution >= 0.6 is 11.3 Å². The molecule has 1 N–H and O–H groups in total. The molecule has 0 atom stereocenters. The third-order valence-corrected chi connectivity index (χ3v) is 7.07. The Bertz CT molecular complexity index is 979. The molecule has 8 nitrogen and oxygen atoms in total. The van der Waals surface area contributed by atoms with Gasteiger partial charge < -0.3 is 14.8 Å². The maximum absolute atomic E-state index is 12.6. The molecule has 1 aromatic heterocycles. The summed E-state index contributed by atoms with van der Waals surface area (Å²) < 4.78 is 36.6. The minimum atomic E-state index is -3.56. The number of sulfonamides is 1. The molecule has 1 amide bonds. The first-order valence-electron chi connectivity index (χ1n) is 9.27. The lowest BCUT2D eigenvalue weighted by atomic mass is 10.2. The van der Waals surface area contributed by atoms with Crippen LogP contribution in [0.25, 0.3) is 6.08 Å². The van der Waals surface area contributed by atoms with E-state index in [2.05, 4.69) is 5.32 Å². The topological polar surface area (TPSA) is 102 Å². The molecule has 2 aromatic rings.